The minimum atomic E-state index is -3.64. The van der Waals surface area contributed by atoms with Crippen molar-refractivity contribution >= 4 is 31.6 Å². The van der Waals surface area contributed by atoms with E-state index in [1.807, 2.05) is 25.1 Å². The standard InChI is InChI=1S/C11H17BrN2O3S/c1-8(7-15)13-18(16,17)11-6-9(14(2)3)4-5-10(11)12/h4-6,8,13,15H,7H2,1-3H3/t8-/m0/s1. The highest BCUT2D eigenvalue weighted by atomic mass is 79.9. The Balaban J connectivity index is 3.19. The van der Waals surface area contributed by atoms with Crippen molar-refractivity contribution in [1.82, 2.24) is 4.72 Å². The largest absolute Gasteiger partial charge is 0.395 e. The molecule has 1 atom stereocenters. The molecule has 0 radical (unpaired) electrons. The fourth-order valence-electron chi connectivity index (χ4n) is 1.34. The molecular weight excluding hydrogens is 320 g/mol. The van der Waals surface area contributed by atoms with Crippen molar-refractivity contribution in [2.24, 2.45) is 0 Å². The number of sulfonamides is 1. The average Bonchev–Trinajstić information content (AvgIpc) is 2.28. The van der Waals surface area contributed by atoms with Crippen LogP contribution in [0, 0.1) is 0 Å². The zero-order chi connectivity index (χ0) is 13.9. The third-order valence-electron chi connectivity index (χ3n) is 2.35. The van der Waals surface area contributed by atoms with Gasteiger partial charge in [-0.25, -0.2) is 13.1 Å². The Hall–Kier alpha value is -0.630. The first-order chi connectivity index (χ1) is 8.27. The maximum atomic E-state index is 12.1. The highest BCUT2D eigenvalue weighted by Gasteiger charge is 2.20. The van der Waals surface area contributed by atoms with Gasteiger partial charge in [-0.2, -0.15) is 0 Å². The highest BCUT2D eigenvalue weighted by Crippen LogP contribution is 2.26. The first kappa shape index (κ1) is 15.4. The normalized spacial score (nSPS) is 13.4. The number of hydrogen-bond acceptors (Lipinski definition) is 4. The fraction of sp³-hybridized carbons (Fsp3) is 0.455. The molecule has 1 rings (SSSR count). The number of nitrogens with zero attached hydrogens (tertiary/aromatic N) is 1. The van der Waals surface area contributed by atoms with Crippen molar-refractivity contribution in [2.45, 2.75) is 17.9 Å². The van der Waals surface area contributed by atoms with Crippen LogP contribution < -0.4 is 9.62 Å². The van der Waals surface area contributed by atoms with Crippen LogP contribution in [0.15, 0.2) is 27.6 Å². The van der Waals surface area contributed by atoms with E-state index in [1.165, 1.54) is 0 Å². The number of rotatable bonds is 5. The van der Waals surface area contributed by atoms with Gasteiger partial charge in [-0.05, 0) is 41.1 Å². The summed E-state index contributed by atoms with van der Waals surface area (Å²) in [5.41, 5.74) is 0.787. The van der Waals surface area contributed by atoms with Gasteiger partial charge in [0.05, 0.1) is 11.5 Å². The molecule has 0 saturated carbocycles. The number of halogens is 1. The molecule has 2 N–H and O–H groups in total. The third kappa shape index (κ3) is 3.68. The zero-order valence-corrected chi connectivity index (χ0v) is 12.9. The summed E-state index contributed by atoms with van der Waals surface area (Å²) in [5, 5.41) is 8.91. The molecule has 0 bridgehead atoms. The van der Waals surface area contributed by atoms with Gasteiger partial charge < -0.3 is 10.0 Å². The van der Waals surface area contributed by atoms with Crippen LogP contribution >= 0.6 is 15.9 Å². The van der Waals surface area contributed by atoms with E-state index in [-0.39, 0.29) is 11.5 Å². The van der Waals surface area contributed by atoms with Crippen molar-refractivity contribution in [3.05, 3.63) is 22.7 Å². The lowest BCUT2D eigenvalue weighted by Gasteiger charge is -2.16. The van der Waals surface area contributed by atoms with E-state index in [4.69, 9.17) is 5.11 Å². The Kier molecular flexibility index (Phi) is 5.15. The third-order valence-corrected chi connectivity index (χ3v) is 4.93. The second-order valence-corrected chi connectivity index (χ2v) is 6.75. The average molecular weight is 337 g/mol. The van der Waals surface area contributed by atoms with Gasteiger partial charge in [0, 0.05) is 30.3 Å². The molecule has 7 heteroatoms. The minimum Gasteiger partial charge on any atom is -0.395 e. The van der Waals surface area contributed by atoms with Crippen molar-refractivity contribution in [3.8, 4) is 0 Å². The first-order valence-corrected chi connectivity index (χ1v) is 7.65. The number of hydrogen-bond donors (Lipinski definition) is 2. The summed E-state index contributed by atoms with van der Waals surface area (Å²) < 4.78 is 27.1. The van der Waals surface area contributed by atoms with Gasteiger partial charge in [-0.3, -0.25) is 0 Å². The number of aliphatic hydroxyl groups is 1. The van der Waals surface area contributed by atoms with E-state index in [9.17, 15) is 8.42 Å². The summed E-state index contributed by atoms with van der Waals surface area (Å²) in [7, 11) is 0.0316. The molecule has 0 unspecified atom stereocenters. The Morgan fingerprint density at radius 3 is 2.56 bits per heavy atom. The number of benzene rings is 1. The maximum Gasteiger partial charge on any atom is 0.242 e. The van der Waals surface area contributed by atoms with E-state index in [2.05, 4.69) is 20.7 Å². The molecule has 5 nitrogen and oxygen atoms in total. The van der Waals surface area contributed by atoms with Gasteiger partial charge in [0.1, 0.15) is 0 Å². The van der Waals surface area contributed by atoms with Crippen LogP contribution in [0.1, 0.15) is 6.92 Å². The molecule has 0 aliphatic heterocycles. The molecule has 0 aliphatic carbocycles. The summed E-state index contributed by atoms with van der Waals surface area (Å²) >= 11 is 3.23. The molecule has 0 aromatic heterocycles. The lowest BCUT2D eigenvalue weighted by atomic mass is 10.3. The van der Waals surface area contributed by atoms with Crippen LogP contribution in [0.25, 0.3) is 0 Å². The number of nitrogens with one attached hydrogen (secondary N) is 1. The molecule has 18 heavy (non-hydrogen) atoms. The summed E-state index contributed by atoms with van der Waals surface area (Å²) in [6.07, 6.45) is 0. The summed E-state index contributed by atoms with van der Waals surface area (Å²) in [6.45, 7) is 1.35. The Bertz CT molecular complexity index is 517. The van der Waals surface area contributed by atoms with Gasteiger partial charge >= 0.3 is 0 Å². The second-order valence-electron chi connectivity index (χ2n) is 4.21. The van der Waals surface area contributed by atoms with E-state index >= 15 is 0 Å². The Labute approximate surface area is 116 Å². The van der Waals surface area contributed by atoms with Crippen LogP contribution in [0.3, 0.4) is 0 Å². The topological polar surface area (TPSA) is 69.6 Å². The number of anilines is 1. The molecule has 0 aliphatic rings. The quantitative estimate of drug-likeness (QED) is 0.846. The highest BCUT2D eigenvalue weighted by molar-refractivity contribution is 9.10. The predicted octanol–water partition coefficient (Wildman–Crippen LogP) is 1.17. The lowest BCUT2D eigenvalue weighted by Crippen LogP contribution is -2.35. The van der Waals surface area contributed by atoms with Crippen molar-refractivity contribution in [3.63, 3.8) is 0 Å². The van der Waals surface area contributed by atoms with Gasteiger partial charge in [0.15, 0.2) is 0 Å². The van der Waals surface area contributed by atoms with Gasteiger partial charge in [0.25, 0.3) is 0 Å². The predicted molar refractivity (Wildman–Crippen MR) is 75.3 cm³/mol. The van der Waals surface area contributed by atoms with Gasteiger partial charge in [-0.1, -0.05) is 0 Å². The van der Waals surface area contributed by atoms with Crippen LogP contribution in [0.2, 0.25) is 0 Å². The molecule has 0 heterocycles. The van der Waals surface area contributed by atoms with Crippen LogP contribution in [-0.2, 0) is 10.0 Å². The maximum absolute atomic E-state index is 12.1. The molecule has 1 aromatic rings. The van der Waals surface area contributed by atoms with Crippen molar-refractivity contribution in [2.75, 3.05) is 25.6 Å². The van der Waals surface area contributed by atoms with Crippen LogP contribution in [0.4, 0.5) is 5.69 Å². The molecule has 102 valence electrons. The summed E-state index contributed by atoms with van der Waals surface area (Å²) in [6, 6.07) is 4.56. The van der Waals surface area contributed by atoms with Crippen LogP contribution in [-0.4, -0.2) is 40.3 Å². The summed E-state index contributed by atoms with van der Waals surface area (Å²) in [4.78, 5) is 1.98. The van der Waals surface area contributed by atoms with Crippen LogP contribution in [0.5, 0.6) is 0 Å². The van der Waals surface area contributed by atoms with Crippen molar-refractivity contribution in [1.29, 1.82) is 0 Å². The molecule has 0 saturated heterocycles. The van der Waals surface area contributed by atoms with E-state index < -0.39 is 16.1 Å². The monoisotopic (exact) mass is 336 g/mol. The van der Waals surface area contributed by atoms with Gasteiger partial charge in [0.2, 0.25) is 10.0 Å². The smallest absolute Gasteiger partial charge is 0.242 e. The molecular formula is C11H17BrN2O3S. The van der Waals surface area contributed by atoms with Gasteiger partial charge in [-0.15, -0.1) is 0 Å². The van der Waals surface area contributed by atoms with E-state index in [0.29, 0.717) is 4.47 Å². The van der Waals surface area contributed by atoms with E-state index in [1.54, 1.807) is 19.1 Å². The molecule has 0 spiro atoms. The first-order valence-electron chi connectivity index (χ1n) is 5.38. The molecule has 0 fully saturated rings. The Morgan fingerprint density at radius 1 is 1.44 bits per heavy atom. The SMILES string of the molecule is C[C@@H](CO)NS(=O)(=O)c1cc(N(C)C)ccc1Br. The number of aliphatic hydroxyl groups excluding tert-OH is 1. The molecule has 1 aromatic carbocycles. The van der Waals surface area contributed by atoms with Crippen molar-refractivity contribution < 1.29 is 13.5 Å². The molecule has 0 amide bonds. The van der Waals surface area contributed by atoms with E-state index in [0.717, 1.165) is 5.69 Å². The zero-order valence-electron chi connectivity index (χ0n) is 10.5. The second kappa shape index (κ2) is 6.01. The summed E-state index contributed by atoms with van der Waals surface area (Å²) in [5.74, 6) is 0. The minimum absolute atomic E-state index is 0.161. The lowest BCUT2D eigenvalue weighted by molar-refractivity contribution is 0.265. The Morgan fingerprint density at radius 2 is 2.06 bits per heavy atom. The fourth-order valence-corrected chi connectivity index (χ4v) is 3.56.